The molecule has 0 aliphatic heterocycles. The Bertz CT molecular complexity index is 349. The first kappa shape index (κ1) is 9.33. The van der Waals surface area contributed by atoms with E-state index in [0.29, 0.717) is 6.04 Å². The second-order valence-electron chi connectivity index (χ2n) is 4.84. The van der Waals surface area contributed by atoms with Crippen LogP contribution in [0.1, 0.15) is 43.4 Å². The molecule has 0 atom stereocenters. The van der Waals surface area contributed by atoms with Gasteiger partial charge in [-0.15, -0.1) is 10.2 Å². The average molecular weight is 206 g/mol. The first-order valence-corrected chi connectivity index (χ1v) is 5.95. The summed E-state index contributed by atoms with van der Waals surface area (Å²) >= 11 is 0. The van der Waals surface area contributed by atoms with Crippen LogP contribution in [0.5, 0.6) is 0 Å². The molecule has 0 radical (unpaired) electrons. The minimum atomic E-state index is 0.692. The van der Waals surface area contributed by atoms with Gasteiger partial charge in [0, 0.05) is 6.04 Å². The van der Waals surface area contributed by atoms with Gasteiger partial charge in [0.05, 0.1) is 6.54 Å². The van der Waals surface area contributed by atoms with Gasteiger partial charge in [-0.05, 0) is 45.1 Å². The summed E-state index contributed by atoms with van der Waals surface area (Å²) in [5.74, 6) is 3.12. The average Bonchev–Trinajstić information content (AvgIpc) is 3.09. The Morgan fingerprint density at radius 2 is 2.07 bits per heavy atom. The van der Waals surface area contributed by atoms with Crippen molar-refractivity contribution in [1.29, 1.82) is 0 Å². The van der Waals surface area contributed by atoms with Crippen LogP contribution in [0.4, 0.5) is 0 Å². The van der Waals surface area contributed by atoms with Gasteiger partial charge in [-0.1, -0.05) is 0 Å². The quantitative estimate of drug-likeness (QED) is 0.792. The third kappa shape index (κ3) is 2.04. The van der Waals surface area contributed by atoms with Crippen LogP contribution in [-0.4, -0.2) is 21.3 Å². The van der Waals surface area contributed by atoms with Gasteiger partial charge in [-0.2, -0.15) is 0 Å². The summed E-state index contributed by atoms with van der Waals surface area (Å²) in [6, 6.07) is 0.692. The number of nitrogens with one attached hydrogen (secondary N) is 1. The smallest absolute Gasteiger partial charge is 0.147 e. The van der Waals surface area contributed by atoms with E-state index >= 15 is 0 Å². The standard InChI is InChI=1S/C11H18N4/c1-8-13-14-11(15(8)10-4-5-10)7-12-6-9-2-3-9/h9-10,12H,2-7H2,1H3. The van der Waals surface area contributed by atoms with E-state index in [2.05, 4.69) is 27.0 Å². The van der Waals surface area contributed by atoms with Crippen LogP contribution in [0.2, 0.25) is 0 Å². The predicted molar refractivity (Wildman–Crippen MR) is 57.5 cm³/mol. The Morgan fingerprint density at radius 1 is 1.27 bits per heavy atom. The van der Waals surface area contributed by atoms with Gasteiger partial charge in [-0.3, -0.25) is 0 Å². The molecule has 2 saturated carbocycles. The minimum absolute atomic E-state index is 0.692. The lowest BCUT2D eigenvalue weighted by Crippen LogP contribution is -2.19. The molecular formula is C11H18N4. The van der Waals surface area contributed by atoms with Crippen LogP contribution in [0.25, 0.3) is 0 Å². The molecule has 3 rings (SSSR count). The first-order chi connectivity index (χ1) is 7.34. The van der Waals surface area contributed by atoms with Crippen molar-refractivity contribution in [2.24, 2.45) is 5.92 Å². The van der Waals surface area contributed by atoms with Crippen molar-refractivity contribution >= 4 is 0 Å². The molecule has 1 aromatic rings. The molecule has 1 aromatic heterocycles. The van der Waals surface area contributed by atoms with E-state index in [4.69, 9.17) is 0 Å². The molecule has 2 fully saturated rings. The van der Waals surface area contributed by atoms with Crippen LogP contribution in [0, 0.1) is 12.8 Å². The van der Waals surface area contributed by atoms with Gasteiger partial charge in [0.2, 0.25) is 0 Å². The fraction of sp³-hybridized carbons (Fsp3) is 0.818. The Balaban J connectivity index is 1.62. The van der Waals surface area contributed by atoms with Gasteiger partial charge in [-0.25, -0.2) is 0 Å². The van der Waals surface area contributed by atoms with Crippen molar-refractivity contribution in [1.82, 2.24) is 20.1 Å². The molecule has 0 spiro atoms. The highest BCUT2D eigenvalue weighted by Gasteiger charge is 2.28. The number of aromatic nitrogens is 3. The zero-order chi connectivity index (χ0) is 10.3. The maximum absolute atomic E-state index is 4.24. The van der Waals surface area contributed by atoms with Crippen molar-refractivity contribution in [2.75, 3.05) is 6.54 Å². The zero-order valence-corrected chi connectivity index (χ0v) is 9.24. The lowest BCUT2D eigenvalue weighted by atomic mass is 10.4. The van der Waals surface area contributed by atoms with Crippen LogP contribution >= 0.6 is 0 Å². The second-order valence-corrected chi connectivity index (χ2v) is 4.84. The van der Waals surface area contributed by atoms with E-state index in [1.807, 2.05) is 0 Å². The van der Waals surface area contributed by atoms with Gasteiger partial charge in [0.1, 0.15) is 11.6 Å². The number of aryl methyl sites for hydroxylation is 1. The highest BCUT2D eigenvalue weighted by atomic mass is 15.3. The Morgan fingerprint density at radius 3 is 2.73 bits per heavy atom. The SMILES string of the molecule is Cc1nnc(CNCC2CC2)n1C1CC1. The van der Waals surface area contributed by atoms with Gasteiger partial charge < -0.3 is 9.88 Å². The molecule has 0 amide bonds. The molecule has 2 aliphatic carbocycles. The Labute approximate surface area is 90.1 Å². The highest BCUT2D eigenvalue weighted by Crippen LogP contribution is 2.36. The van der Waals surface area contributed by atoms with E-state index in [-0.39, 0.29) is 0 Å². The summed E-state index contributed by atoms with van der Waals surface area (Å²) < 4.78 is 2.31. The third-order valence-electron chi connectivity index (χ3n) is 3.26. The van der Waals surface area contributed by atoms with E-state index in [1.165, 1.54) is 25.7 Å². The van der Waals surface area contributed by atoms with Crippen molar-refractivity contribution in [3.05, 3.63) is 11.6 Å². The van der Waals surface area contributed by atoms with E-state index in [1.54, 1.807) is 0 Å². The predicted octanol–water partition coefficient (Wildman–Crippen LogP) is 1.42. The Kier molecular flexibility index (Phi) is 2.24. The molecule has 0 aromatic carbocycles. The highest BCUT2D eigenvalue weighted by molar-refractivity contribution is 5.01. The van der Waals surface area contributed by atoms with Crippen molar-refractivity contribution in [3.63, 3.8) is 0 Å². The summed E-state index contributed by atoms with van der Waals surface area (Å²) in [4.78, 5) is 0. The lowest BCUT2D eigenvalue weighted by Gasteiger charge is -2.07. The topological polar surface area (TPSA) is 42.7 Å². The van der Waals surface area contributed by atoms with Crippen molar-refractivity contribution in [3.8, 4) is 0 Å². The lowest BCUT2D eigenvalue weighted by molar-refractivity contribution is 0.578. The summed E-state index contributed by atoms with van der Waals surface area (Å²) in [6.07, 6.45) is 5.41. The number of nitrogens with zero attached hydrogens (tertiary/aromatic N) is 3. The summed E-state index contributed by atoms with van der Waals surface area (Å²) in [5.41, 5.74) is 0. The van der Waals surface area contributed by atoms with Crippen LogP contribution in [0.15, 0.2) is 0 Å². The zero-order valence-electron chi connectivity index (χ0n) is 9.24. The van der Waals surface area contributed by atoms with Gasteiger partial charge >= 0.3 is 0 Å². The van der Waals surface area contributed by atoms with E-state index in [9.17, 15) is 0 Å². The molecule has 0 saturated heterocycles. The molecule has 4 nitrogen and oxygen atoms in total. The fourth-order valence-corrected chi connectivity index (χ4v) is 2.05. The number of hydrogen-bond donors (Lipinski definition) is 1. The first-order valence-electron chi connectivity index (χ1n) is 5.95. The number of rotatable bonds is 5. The second kappa shape index (κ2) is 3.59. The van der Waals surface area contributed by atoms with Crippen LogP contribution in [-0.2, 0) is 6.54 Å². The van der Waals surface area contributed by atoms with Crippen molar-refractivity contribution in [2.45, 2.75) is 45.2 Å². The molecular weight excluding hydrogens is 188 g/mol. The normalized spacial score (nSPS) is 20.9. The summed E-state index contributed by atoms with van der Waals surface area (Å²) in [6.45, 7) is 4.08. The van der Waals surface area contributed by atoms with Gasteiger partial charge in [0.25, 0.3) is 0 Å². The third-order valence-corrected chi connectivity index (χ3v) is 3.26. The Hall–Kier alpha value is -0.900. The molecule has 1 N–H and O–H groups in total. The number of hydrogen-bond acceptors (Lipinski definition) is 3. The molecule has 1 heterocycles. The molecule has 82 valence electrons. The van der Waals surface area contributed by atoms with Crippen LogP contribution in [0.3, 0.4) is 0 Å². The maximum Gasteiger partial charge on any atom is 0.147 e. The summed E-state index contributed by atoms with van der Waals surface area (Å²) in [7, 11) is 0. The molecule has 15 heavy (non-hydrogen) atoms. The molecule has 0 bridgehead atoms. The largest absolute Gasteiger partial charge is 0.311 e. The van der Waals surface area contributed by atoms with Crippen molar-refractivity contribution < 1.29 is 0 Å². The maximum atomic E-state index is 4.24. The van der Waals surface area contributed by atoms with E-state index in [0.717, 1.165) is 30.7 Å². The molecule has 4 heteroatoms. The molecule has 2 aliphatic rings. The van der Waals surface area contributed by atoms with Crippen LogP contribution < -0.4 is 5.32 Å². The van der Waals surface area contributed by atoms with E-state index < -0.39 is 0 Å². The summed E-state index contributed by atoms with van der Waals surface area (Å²) in [5, 5.41) is 11.9. The monoisotopic (exact) mass is 206 g/mol. The van der Waals surface area contributed by atoms with Gasteiger partial charge in [0.15, 0.2) is 0 Å². The minimum Gasteiger partial charge on any atom is -0.311 e. The molecule has 0 unspecified atom stereocenters. The fourth-order valence-electron chi connectivity index (χ4n) is 2.05.